The molecule has 17 heavy (non-hydrogen) atoms. The fourth-order valence-electron chi connectivity index (χ4n) is 1.35. The molecule has 0 amide bonds. The van der Waals surface area contributed by atoms with Crippen LogP contribution in [0.15, 0.2) is 10.6 Å². The van der Waals surface area contributed by atoms with Crippen molar-refractivity contribution in [2.24, 2.45) is 0 Å². The molecule has 0 bridgehead atoms. The molecule has 0 fully saturated rings. The molecule has 0 aromatic carbocycles. The topological polar surface area (TPSA) is 88.8 Å². The van der Waals surface area contributed by atoms with Crippen molar-refractivity contribution in [1.82, 2.24) is 20.1 Å². The van der Waals surface area contributed by atoms with Crippen molar-refractivity contribution in [1.29, 1.82) is 0 Å². The summed E-state index contributed by atoms with van der Waals surface area (Å²) in [4.78, 5) is 12.5. The molecule has 0 aliphatic heterocycles. The van der Waals surface area contributed by atoms with Crippen molar-refractivity contribution >= 4 is 11.8 Å². The highest BCUT2D eigenvalue weighted by atomic mass is 16.5. The Bertz CT molecular complexity index is 509. The van der Waals surface area contributed by atoms with E-state index in [-0.39, 0.29) is 0 Å². The molecule has 90 valence electrons. The molecule has 2 rings (SSSR count). The third-order valence-corrected chi connectivity index (χ3v) is 2.08. The van der Waals surface area contributed by atoms with Crippen LogP contribution in [-0.2, 0) is 6.54 Å². The van der Waals surface area contributed by atoms with Gasteiger partial charge in [0.1, 0.15) is 5.82 Å². The first kappa shape index (κ1) is 11.3. The molecule has 7 heteroatoms. The number of hydrogen-bond acceptors (Lipinski definition) is 7. The molecule has 2 heterocycles. The van der Waals surface area contributed by atoms with Crippen LogP contribution in [0.5, 0.6) is 0 Å². The fraction of sp³-hybridized carbons (Fsp3) is 0.400. The zero-order chi connectivity index (χ0) is 12.3. The van der Waals surface area contributed by atoms with Crippen molar-refractivity contribution in [2.75, 3.05) is 17.7 Å². The first-order valence-electron chi connectivity index (χ1n) is 5.24. The molecule has 0 aliphatic rings. The summed E-state index contributed by atoms with van der Waals surface area (Å²) in [7, 11) is 1.78. The van der Waals surface area contributed by atoms with E-state index in [1.165, 1.54) is 0 Å². The van der Waals surface area contributed by atoms with Gasteiger partial charge in [-0.3, -0.25) is 0 Å². The Balaban J connectivity index is 2.05. The fourth-order valence-corrected chi connectivity index (χ4v) is 1.35. The van der Waals surface area contributed by atoms with Crippen LogP contribution in [0.2, 0.25) is 0 Å². The Labute approximate surface area is 98.7 Å². The van der Waals surface area contributed by atoms with Crippen molar-refractivity contribution in [2.45, 2.75) is 20.4 Å². The average molecular weight is 234 g/mol. The molecule has 0 saturated carbocycles. The van der Waals surface area contributed by atoms with Crippen molar-refractivity contribution in [3.8, 4) is 0 Å². The lowest BCUT2D eigenvalue weighted by Crippen LogP contribution is -2.06. The van der Waals surface area contributed by atoms with Crippen LogP contribution in [-0.4, -0.2) is 27.2 Å². The molecule has 2 aromatic rings. The number of hydrogen-bond donors (Lipinski definition) is 2. The SMILES string of the molecule is CNc1nc(C)cc(NCc2noc(C)n2)n1. The lowest BCUT2D eigenvalue weighted by molar-refractivity contribution is 0.388. The number of rotatable bonds is 4. The predicted octanol–water partition coefficient (Wildman–Crippen LogP) is 1.13. The Morgan fingerprint density at radius 2 is 2.06 bits per heavy atom. The van der Waals surface area contributed by atoms with E-state index >= 15 is 0 Å². The van der Waals surface area contributed by atoms with Crippen LogP contribution in [0.1, 0.15) is 17.4 Å². The summed E-state index contributed by atoms with van der Waals surface area (Å²) in [5.41, 5.74) is 0.885. The largest absolute Gasteiger partial charge is 0.362 e. The second-order valence-electron chi connectivity index (χ2n) is 3.55. The molecule has 0 atom stereocenters. The van der Waals surface area contributed by atoms with E-state index in [2.05, 4.69) is 30.7 Å². The molecule has 7 nitrogen and oxygen atoms in total. The summed E-state index contributed by atoms with van der Waals surface area (Å²) in [6, 6.07) is 1.85. The van der Waals surface area contributed by atoms with Gasteiger partial charge in [0.05, 0.1) is 6.54 Å². The van der Waals surface area contributed by atoms with E-state index in [9.17, 15) is 0 Å². The van der Waals surface area contributed by atoms with Crippen LogP contribution in [0.3, 0.4) is 0 Å². The zero-order valence-electron chi connectivity index (χ0n) is 9.98. The van der Waals surface area contributed by atoms with E-state index in [1.807, 2.05) is 13.0 Å². The Morgan fingerprint density at radius 1 is 1.24 bits per heavy atom. The molecular formula is C10H14N6O. The lowest BCUT2D eigenvalue weighted by Gasteiger charge is -2.06. The van der Waals surface area contributed by atoms with Gasteiger partial charge in [0.2, 0.25) is 11.8 Å². The van der Waals surface area contributed by atoms with Gasteiger partial charge in [-0.1, -0.05) is 5.16 Å². The smallest absolute Gasteiger partial charge is 0.224 e. The van der Waals surface area contributed by atoms with Crippen LogP contribution in [0, 0.1) is 13.8 Å². The highest BCUT2D eigenvalue weighted by molar-refractivity contribution is 5.41. The Hall–Kier alpha value is -2.18. The minimum atomic E-state index is 0.469. The Kier molecular flexibility index (Phi) is 3.17. The van der Waals surface area contributed by atoms with E-state index in [0.29, 0.717) is 24.2 Å². The quantitative estimate of drug-likeness (QED) is 0.819. The number of aryl methyl sites for hydroxylation is 2. The molecular weight excluding hydrogens is 220 g/mol. The molecule has 0 unspecified atom stereocenters. The van der Waals surface area contributed by atoms with Gasteiger partial charge in [0.25, 0.3) is 0 Å². The molecule has 0 spiro atoms. The van der Waals surface area contributed by atoms with E-state index in [4.69, 9.17) is 4.52 Å². The monoisotopic (exact) mass is 234 g/mol. The van der Waals surface area contributed by atoms with Crippen LogP contribution >= 0.6 is 0 Å². The molecule has 2 N–H and O–H groups in total. The van der Waals surface area contributed by atoms with Gasteiger partial charge >= 0.3 is 0 Å². The second-order valence-corrected chi connectivity index (χ2v) is 3.55. The molecule has 0 saturated heterocycles. The number of anilines is 2. The minimum Gasteiger partial charge on any atom is -0.362 e. The predicted molar refractivity (Wildman–Crippen MR) is 62.7 cm³/mol. The van der Waals surface area contributed by atoms with Gasteiger partial charge < -0.3 is 15.2 Å². The van der Waals surface area contributed by atoms with Gasteiger partial charge in [-0.2, -0.15) is 9.97 Å². The maximum absolute atomic E-state index is 4.88. The highest BCUT2D eigenvalue weighted by Crippen LogP contribution is 2.09. The highest BCUT2D eigenvalue weighted by Gasteiger charge is 2.04. The van der Waals surface area contributed by atoms with Gasteiger partial charge in [-0.05, 0) is 6.92 Å². The number of nitrogens with one attached hydrogen (secondary N) is 2. The summed E-state index contributed by atoms with van der Waals surface area (Å²) in [5, 5.41) is 9.80. The molecule has 2 aromatic heterocycles. The zero-order valence-corrected chi connectivity index (χ0v) is 9.98. The van der Waals surface area contributed by atoms with Gasteiger partial charge in [0.15, 0.2) is 5.82 Å². The van der Waals surface area contributed by atoms with E-state index in [0.717, 1.165) is 11.5 Å². The first-order valence-corrected chi connectivity index (χ1v) is 5.24. The maximum atomic E-state index is 4.88. The van der Waals surface area contributed by atoms with Crippen LogP contribution < -0.4 is 10.6 Å². The van der Waals surface area contributed by atoms with E-state index < -0.39 is 0 Å². The first-order chi connectivity index (χ1) is 8.17. The average Bonchev–Trinajstić information content (AvgIpc) is 2.72. The summed E-state index contributed by atoms with van der Waals surface area (Å²) in [6.07, 6.45) is 0. The summed E-state index contributed by atoms with van der Waals surface area (Å²) >= 11 is 0. The second kappa shape index (κ2) is 4.77. The number of aromatic nitrogens is 4. The van der Waals surface area contributed by atoms with E-state index in [1.54, 1.807) is 14.0 Å². The van der Waals surface area contributed by atoms with Crippen molar-refractivity contribution < 1.29 is 4.52 Å². The third kappa shape index (κ3) is 2.90. The third-order valence-electron chi connectivity index (χ3n) is 2.08. The molecule has 0 radical (unpaired) electrons. The number of nitrogens with zero attached hydrogens (tertiary/aromatic N) is 4. The normalized spacial score (nSPS) is 10.3. The maximum Gasteiger partial charge on any atom is 0.224 e. The summed E-state index contributed by atoms with van der Waals surface area (Å²) in [5.74, 6) is 2.46. The van der Waals surface area contributed by atoms with Crippen LogP contribution in [0.4, 0.5) is 11.8 Å². The summed E-state index contributed by atoms with van der Waals surface area (Å²) < 4.78 is 4.88. The van der Waals surface area contributed by atoms with Gasteiger partial charge in [-0.15, -0.1) is 0 Å². The van der Waals surface area contributed by atoms with Crippen LogP contribution in [0.25, 0.3) is 0 Å². The summed E-state index contributed by atoms with van der Waals surface area (Å²) in [6.45, 7) is 4.13. The lowest BCUT2D eigenvalue weighted by atomic mass is 10.4. The standard InChI is InChI=1S/C10H14N6O/c1-6-4-8(15-10(11-3)13-6)12-5-9-14-7(2)17-16-9/h4H,5H2,1-3H3,(H2,11,12,13,15). The van der Waals surface area contributed by atoms with Gasteiger partial charge in [0, 0.05) is 25.7 Å². The van der Waals surface area contributed by atoms with Crippen molar-refractivity contribution in [3.63, 3.8) is 0 Å². The Morgan fingerprint density at radius 3 is 2.71 bits per heavy atom. The minimum absolute atomic E-state index is 0.469. The van der Waals surface area contributed by atoms with Gasteiger partial charge in [-0.25, -0.2) is 4.98 Å². The molecule has 0 aliphatic carbocycles. The van der Waals surface area contributed by atoms with Crippen molar-refractivity contribution in [3.05, 3.63) is 23.5 Å².